The lowest BCUT2D eigenvalue weighted by atomic mass is 10.2. The largest absolute Gasteiger partial charge is 0.490 e. The second-order valence-corrected chi connectivity index (χ2v) is 7.76. The van der Waals surface area contributed by atoms with Gasteiger partial charge in [0, 0.05) is 12.2 Å². The van der Waals surface area contributed by atoms with Gasteiger partial charge in [0.15, 0.2) is 18.1 Å². The van der Waals surface area contributed by atoms with E-state index in [0.717, 1.165) is 17.3 Å². The van der Waals surface area contributed by atoms with Crippen LogP contribution in [0.25, 0.3) is 6.08 Å². The van der Waals surface area contributed by atoms with Gasteiger partial charge in [-0.2, -0.15) is 0 Å². The molecule has 3 amide bonds. The number of rotatable bonds is 8. The summed E-state index contributed by atoms with van der Waals surface area (Å²) < 4.78 is 11.3. The predicted octanol–water partition coefficient (Wildman–Crippen LogP) is 4.47. The molecule has 0 aliphatic carbocycles. The number of ether oxygens (including phenoxy) is 2. The predicted molar refractivity (Wildman–Crippen MR) is 121 cm³/mol. The van der Waals surface area contributed by atoms with Gasteiger partial charge in [0.05, 0.1) is 11.5 Å². The molecule has 2 aromatic rings. The van der Waals surface area contributed by atoms with Crippen LogP contribution in [0, 0.1) is 6.92 Å². The highest BCUT2D eigenvalue weighted by atomic mass is 32.2. The Hall–Kier alpha value is -3.26. The lowest BCUT2D eigenvalue weighted by Crippen LogP contribution is -2.27. The van der Waals surface area contributed by atoms with Gasteiger partial charge in [-0.15, -0.1) is 0 Å². The maximum Gasteiger partial charge on any atom is 0.293 e. The lowest BCUT2D eigenvalue weighted by molar-refractivity contribution is -0.122. The maximum atomic E-state index is 12.3. The molecule has 7 nitrogen and oxygen atoms in total. The normalized spacial score (nSPS) is 14.8. The summed E-state index contributed by atoms with van der Waals surface area (Å²) in [6.45, 7) is 6.11. The van der Waals surface area contributed by atoms with Crippen molar-refractivity contribution < 1.29 is 23.9 Å². The first kappa shape index (κ1) is 22.4. The van der Waals surface area contributed by atoms with Gasteiger partial charge in [-0.1, -0.05) is 18.2 Å². The number of amides is 3. The number of aryl methyl sites for hydroxylation is 1. The van der Waals surface area contributed by atoms with Gasteiger partial charge in [0.25, 0.3) is 17.1 Å². The number of nitrogens with zero attached hydrogens (tertiary/aromatic N) is 1. The van der Waals surface area contributed by atoms with E-state index in [4.69, 9.17) is 9.47 Å². The van der Waals surface area contributed by atoms with Crippen molar-refractivity contribution in [3.05, 3.63) is 58.5 Å². The van der Waals surface area contributed by atoms with Crippen LogP contribution in [-0.2, 0) is 9.59 Å². The number of anilines is 1. The first-order valence-electron chi connectivity index (χ1n) is 9.92. The highest BCUT2D eigenvalue weighted by molar-refractivity contribution is 8.18. The van der Waals surface area contributed by atoms with Crippen LogP contribution in [0.5, 0.6) is 11.5 Å². The number of thioether (sulfide) groups is 1. The van der Waals surface area contributed by atoms with Crippen LogP contribution in [0.4, 0.5) is 10.5 Å². The van der Waals surface area contributed by atoms with E-state index in [-0.39, 0.29) is 23.7 Å². The number of likely N-dealkylation sites (N-methyl/N-ethyl adjacent to an activating group) is 1. The summed E-state index contributed by atoms with van der Waals surface area (Å²) in [7, 11) is 0. The molecule has 1 aliphatic rings. The van der Waals surface area contributed by atoms with E-state index in [0.29, 0.717) is 40.8 Å². The smallest absolute Gasteiger partial charge is 0.293 e. The molecule has 8 heteroatoms. The fraction of sp³-hybridized carbons (Fsp3) is 0.261. The Labute approximate surface area is 185 Å². The molecule has 1 saturated heterocycles. The van der Waals surface area contributed by atoms with Gasteiger partial charge in [0.2, 0.25) is 0 Å². The second-order valence-electron chi connectivity index (χ2n) is 6.77. The van der Waals surface area contributed by atoms with Crippen molar-refractivity contribution in [2.45, 2.75) is 20.8 Å². The van der Waals surface area contributed by atoms with Gasteiger partial charge in [-0.3, -0.25) is 19.3 Å². The molecule has 0 bridgehead atoms. The summed E-state index contributed by atoms with van der Waals surface area (Å²) in [5.74, 6) is 0.281. The van der Waals surface area contributed by atoms with Gasteiger partial charge in [-0.25, -0.2) is 0 Å². The lowest BCUT2D eigenvalue weighted by Gasteiger charge is -2.13. The molecule has 3 rings (SSSR count). The van der Waals surface area contributed by atoms with E-state index < -0.39 is 0 Å². The van der Waals surface area contributed by atoms with Crippen LogP contribution in [0.15, 0.2) is 47.4 Å². The molecule has 2 aromatic carbocycles. The van der Waals surface area contributed by atoms with E-state index in [1.807, 2.05) is 38.1 Å². The Balaban J connectivity index is 1.70. The molecule has 0 atom stereocenters. The molecular formula is C23H24N2O5S. The Morgan fingerprint density at radius 1 is 1.10 bits per heavy atom. The zero-order chi connectivity index (χ0) is 22.4. The van der Waals surface area contributed by atoms with Crippen LogP contribution >= 0.6 is 11.8 Å². The van der Waals surface area contributed by atoms with Crippen molar-refractivity contribution in [2.75, 3.05) is 25.1 Å². The van der Waals surface area contributed by atoms with Crippen LogP contribution in [0.2, 0.25) is 0 Å². The van der Waals surface area contributed by atoms with E-state index >= 15 is 0 Å². The van der Waals surface area contributed by atoms with E-state index in [1.165, 1.54) is 4.90 Å². The van der Waals surface area contributed by atoms with Crippen molar-refractivity contribution in [2.24, 2.45) is 0 Å². The average molecular weight is 441 g/mol. The van der Waals surface area contributed by atoms with Crippen molar-refractivity contribution in [1.29, 1.82) is 0 Å². The SMILES string of the molecule is CCOc1cc(/C=C2/SC(=O)N(CC)C2=O)ccc1OCC(=O)Nc1cccc(C)c1. The number of carbonyl (C=O) groups is 3. The fourth-order valence-corrected chi connectivity index (χ4v) is 3.89. The number of hydrogen-bond acceptors (Lipinski definition) is 6. The Morgan fingerprint density at radius 3 is 2.58 bits per heavy atom. The van der Waals surface area contributed by atoms with E-state index in [2.05, 4.69) is 5.32 Å². The summed E-state index contributed by atoms with van der Waals surface area (Å²) in [5, 5.41) is 2.52. The summed E-state index contributed by atoms with van der Waals surface area (Å²) in [5.41, 5.74) is 2.45. The van der Waals surface area contributed by atoms with E-state index in [9.17, 15) is 14.4 Å². The molecule has 1 aliphatic heterocycles. The van der Waals surface area contributed by atoms with Gasteiger partial charge < -0.3 is 14.8 Å². The minimum absolute atomic E-state index is 0.178. The average Bonchev–Trinajstić information content (AvgIpc) is 3.00. The Bertz CT molecular complexity index is 1030. The summed E-state index contributed by atoms with van der Waals surface area (Å²) in [6, 6.07) is 12.6. The molecule has 0 spiro atoms. The van der Waals surface area contributed by atoms with Crippen LogP contribution in [0.3, 0.4) is 0 Å². The third-order valence-electron chi connectivity index (χ3n) is 4.42. The molecule has 1 heterocycles. The first-order valence-corrected chi connectivity index (χ1v) is 10.7. The maximum absolute atomic E-state index is 12.3. The Kier molecular flexibility index (Phi) is 7.36. The van der Waals surface area contributed by atoms with Crippen LogP contribution < -0.4 is 14.8 Å². The molecule has 1 fully saturated rings. The summed E-state index contributed by atoms with van der Waals surface area (Å²) in [4.78, 5) is 38.0. The molecular weight excluding hydrogens is 416 g/mol. The minimum Gasteiger partial charge on any atom is -0.490 e. The highest BCUT2D eigenvalue weighted by Gasteiger charge is 2.33. The van der Waals surface area contributed by atoms with Gasteiger partial charge in [0.1, 0.15) is 0 Å². The zero-order valence-electron chi connectivity index (χ0n) is 17.6. The van der Waals surface area contributed by atoms with Crippen LogP contribution in [-0.4, -0.2) is 41.7 Å². The molecule has 0 unspecified atom stereocenters. The zero-order valence-corrected chi connectivity index (χ0v) is 18.5. The number of nitrogens with one attached hydrogen (secondary N) is 1. The van der Waals surface area contributed by atoms with Gasteiger partial charge >= 0.3 is 0 Å². The summed E-state index contributed by atoms with van der Waals surface area (Å²) >= 11 is 0.914. The third kappa shape index (κ3) is 5.67. The van der Waals surface area contributed by atoms with Crippen molar-refractivity contribution in [1.82, 2.24) is 4.90 Å². The van der Waals surface area contributed by atoms with Crippen molar-refractivity contribution in [3.63, 3.8) is 0 Å². The number of carbonyl (C=O) groups excluding carboxylic acids is 3. The molecule has 0 aromatic heterocycles. The standard InChI is InChI=1S/C23H24N2O5S/c1-4-25-22(27)20(31-23(25)28)13-16-9-10-18(19(12-16)29-5-2)30-14-21(26)24-17-8-6-7-15(3)11-17/h6-13H,4-5,14H2,1-3H3,(H,24,26)/b20-13+. The Morgan fingerprint density at radius 2 is 1.90 bits per heavy atom. The molecule has 31 heavy (non-hydrogen) atoms. The topological polar surface area (TPSA) is 84.9 Å². The number of hydrogen-bond donors (Lipinski definition) is 1. The second kappa shape index (κ2) is 10.2. The fourth-order valence-electron chi connectivity index (χ4n) is 2.99. The minimum atomic E-state index is -0.302. The number of imide groups is 1. The van der Waals surface area contributed by atoms with Crippen LogP contribution in [0.1, 0.15) is 25.0 Å². The molecule has 1 N–H and O–H groups in total. The first-order chi connectivity index (χ1) is 14.9. The number of benzene rings is 2. The highest BCUT2D eigenvalue weighted by Crippen LogP contribution is 2.34. The molecule has 0 radical (unpaired) electrons. The van der Waals surface area contributed by atoms with E-state index in [1.54, 1.807) is 31.2 Å². The van der Waals surface area contributed by atoms with Gasteiger partial charge in [-0.05, 0) is 74.0 Å². The van der Waals surface area contributed by atoms with Crippen molar-refractivity contribution in [3.8, 4) is 11.5 Å². The molecule has 162 valence electrons. The monoisotopic (exact) mass is 440 g/mol. The molecule has 0 saturated carbocycles. The summed E-state index contributed by atoms with van der Waals surface area (Å²) in [6.07, 6.45) is 1.65. The quantitative estimate of drug-likeness (QED) is 0.610. The van der Waals surface area contributed by atoms with Crippen molar-refractivity contribution >= 4 is 40.6 Å². The third-order valence-corrected chi connectivity index (χ3v) is 5.32.